The average Bonchev–Trinajstić information content (AvgIpc) is 3.15. The van der Waals surface area contributed by atoms with Crippen molar-refractivity contribution in [2.75, 3.05) is 44.2 Å². The van der Waals surface area contributed by atoms with Crippen LogP contribution in [0.2, 0.25) is 0 Å². The summed E-state index contributed by atoms with van der Waals surface area (Å²) in [6.45, 7) is 5.80. The third kappa shape index (κ3) is 4.69. The van der Waals surface area contributed by atoms with Crippen molar-refractivity contribution in [3.8, 4) is 0 Å². The molecule has 1 N–H and O–H groups in total. The predicted molar refractivity (Wildman–Crippen MR) is 94.6 cm³/mol. The molecule has 1 aromatic carbocycles. The molecular formula is C19H28FN3O. The lowest BCUT2D eigenvalue weighted by molar-refractivity contribution is -0.124. The van der Waals surface area contributed by atoms with Crippen molar-refractivity contribution < 1.29 is 9.18 Å². The standard InChI is InChI=1S/C19H28FN3O/c20-17-6-8-18(9-7-17)23-14-12-22(13-15-23)11-3-10-21-19(24)16-4-1-2-5-16/h6-9,16H,1-5,10-15H2,(H,21,24). The summed E-state index contributed by atoms with van der Waals surface area (Å²) in [5.74, 6) is 0.343. The molecule has 1 amide bonds. The van der Waals surface area contributed by atoms with Crippen molar-refractivity contribution in [1.82, 2.24) is 10.2 Å². The normalized spacial score (nSPS) is 19.6. The summed E-state index contributed by atoms with van der Waals surface area (Å²) < 4.78 is 13.0. The number of benzene rings is 1. The number of nitrogens with zero attached hydrogens (tertiary/aromatic N) is 2. The molecule has 1 saturated heterocycles. The fraction of sp³-hybridized carbons (Fsp3) is 0.632. The van der Waals surface area contributed by atoms with Crippen molar-refractivity contribution in [2.45, 2.75) is 32.1 Å². The van der Waals surface area contributed by atoms with Crippen LogP contribution in [0.3, 0.4) is 0 Å². The zero-order valence-corrected chi connectivity index (χ0v) is 14.3. The molecule has 3 rings (SSSR count). The zero-order chi connectivity index (χ0) is 16.8. The van der Waals surface area contributed by atoms with Crippen molar-refractivity contribution in [1.29, 1.82) is 0 Å². The van der Waals surface area contributed by atoms with Crippen molar-refractivity contribution in [3.63, 3.8) is 0 Å². The van der Waals surface area contributed by atoms with E-state index in [1.807, 2.05) is 12.1 Å². The molecule has 0 radical (unpaired) electrons. The summed E-state index contributed by atoms with van der Waals surface area (Å²) in [7, 11) is 0. The van der Waals surface area contributed by atoms with Crippen LogP contribution in [0.5, 0.6) is 0 Å². The Labute approximate surface area is 144 Å². The molecule has 1 aromatic rings. The minimum Gasteiger partial charge on any atom is -0.369 e. The van der Waals surface area contributed by atoms with E-state index in [4.69, 9.17) is 0 Å². The van der Waals surface area contributed by atoms with Crippen molar-refractivity contribution in [3.05, 3.63) is 30.1 Å². The summed E-state index contributed by atoms with van der Waals surface area (Å²) in [4.78, 5) is 16.7. The van der Waals surface area contributed by atoms with Crippen LogP contribution in [0.1, 0.15) is 32.1 Å². The van der Waals surface area contributed by atoms with Gasteiger partial charge >= 0.3 is 0 Å². The molecule has 1 saturated carbocycles. The number of amides is 1. The minimum atomic E-state index is -0.183. The zero-order valence-electron chi connectivity index (χ0n) is 14.3. The van der Waals surface area contributed by atoms with Gasteiger partial charge in [0.25, 0.3) is 0 Å². The van der Waals surface area contributed by atoms with Crippen LogP contribution >= 0.6 is 0 Å². The quantitative estimate of drug-likeness (QED) is 0.813. The highest BCUT2D eigenvalue weighted by Crippen LogP contribution is 2.24. The highest BCUT2D eigenvalue weighted by atomic mass is 19.1. The Hall–Kier alpha value is -1.62. The maximum Gasteiger partial charge on any atom is 0.223 e. The molecule has 1 aliphatic heterocycles. The van der Waals surface area contributed by atoms with Crippen LogP contribution in [0.25, 0.3) is 0 Å². The average molecular weight is 333 g/mol. The number of anilines is 1. The second-order valence-corrected chi connectivity index (χ2v) is 6.93. The lowest BCUT2D eigenvalue weighted by atomic mass is 10.1. The highest BCUT2D eigenvalue weighted by molar-refractivity contribution is 5.78. The number of hydrogen-bond donors (Lipinski definition) is 1. The lowest BCUT2D eigenvalue weighted by Crippen LogP contribution is -2.47. The lowest BCUT2D eigenvalue weighted by Gasteiger charge is -2.36. The van der Waals surface area contributed by atoms with Gasteiger partial charge in [-0.15, -0.1) is 0 Å². The van der Waals surface area contributed by atoms with Gasteiger partial charge in [0.05, 0.1) is 0 Å². The summed E-state index contributed by atoms with van der Waals surface area (Å²) in [6.07, 6.45) is 5.55. The molecule has 4 nitrogen and oxygen atoms in total. The second-order valence-electron chi connectivity index (χ2n) is 6.93. The van der Waals surface area contributed by atoms with E-state index in [2.05, 4.69) is 15.1 Å². The summed E-state index contributed by atoms with van der Waals surface area (Å²) in [6, 6.07) is 6.75. The summed E-state index contributed by atoms with van der Waals surface area (Å²) in [5, 5.41) is 3.09. The first kappa shape index (κ1) is 17.2. The highest BCUT2D eigenvalue weighted by Gasteiger charge is 2.22. The molecule has 2 fully saturated rings. The van der Waals surface area contributed by atoms with E-state index in [-0.39, 0.29) is 17.6 Å². The number of halogens is 1. The first-order chi connectivity index (χ1) is 11.7. The van der Waals surface area contributed by atoms with Gasteiger partial charge in [-0.1, -0.05) is 12.8 Å². The number of nitrogens with one attached hydrogen (secondary N) is 1. The molecule has 0 bridgehead atoms. The van der Waals surface area contributed by atoms with E-state index in [9.17, 15) is 9.18 Å². The third-order valence-electron chi connectivity index (χ3n) is 5.24. The Morgan fingerprint density at radius 3 is 2.42 bits per heavy atom. The van der Waals surface area contributed by atoms with Gasteiger partial charge in [-0.2, -0.15) is 0 Å². The van der Waals surface area contributed by atoms with Crippen LogP contribution in [-0.2, 0) is 4.79 Å². The molecular weight excluding hydrogens is 305 g/mol. The van der Waals surface area contributed by atoms with E-state index in [1.54, 1.807) is 0 Å². The first-order valence-corrected chi connectivity index (χ1v) is 9.23. The molecule has 0 unspecified atom stereocenters. The Bertz CT molecular complexity index is 520. The van der Waals surface area contributed by atoms with Crippen LogP contribution in [-0.4, -0.2) is 50.1 Å². The smallest absolute Gasteiger partial charge is 0.223 e. The van der Waals surface area contributed by atoms with Crippen LogP contribution < -0.4 is 10.2 Å². The predicted octanol–water partition coefficient (Wildman–Crippen LogP) is 2.64. The van der Waals surface area contributed by atoms with Gasteiger partial charge in [0, 0.05) is 44.3 Å². The number of carbonyl (C=O) groups excluding carboxylic acids is 1. The van der Waals surface area contributed by atoms with Gasteiger partial charge in [-0.05, 0) is 50.1 Å². The number of carbonyl (C=O) groups is 1. The Morgan fingerprint density at radius 1 is 1.08 bits per heavy atom. The number of hydrogen-bond acceptors (Lipinski definition) is 3. The van der Waals surface area contributed by atoms with Gasteiger partial charge < -0.3 is 10.2 Å². The molecule has 5 heteroatoms. The number of piperazine rings is 1. The maximum absolute atomic E-state index is 13.0. The molecule has 0 atom stereocenters. The Kier molecular flexibility index (Phi) is 6.07. The van der Waals surface area contributed by atoms with E-state index in [0.717, 1.165) is 64.2 Å². The minimum absolute atomic E-state index is 0.183. The molecule has 132 valence electrons. The van der Waals surface area contributed by atoms with E-state index < -0.39 is 0 Å². The van der Waals surface area contributed by atoms with Gasteiger partial charge in [-0.25, -0.2) is 4.39 Å². The largest absolute Gasteiger partial charge is 0.369 e. The number of rotatable bonds is 6. The van der Waals surface area contributed by atoms with Gasteiger partial charge in [-0.3, -0.25) is 9.69 Å². The van der Waals surface area contributed by atoms with Gasteiger partial charge in [0.2, 0.25) is 5.91 Å². The Balaban J connectivity index is 1.31. The monoisotopic (exact) mass is 333 g/mol. The maximum atomic E-state index is 13.0. The van der Waals surface area contributed by atoms with E-state index >= 15 is 0 Å². The fourth-order valence-corrected chi connectivity index (χ4v) is 3.73. The Morgan fingerprint density at radius 2 is 1.75 bits per heavy atom. The van der Waals surface area contributed by atoms with Crippen molar-refractivity contribution in [2.24, 2.45) is 5.92 Å². The van der Waals surface area contributed by atoms with Crippen LogP contribution in [0.4, 0.5) is 10.1 Å². The van der Waals surface area contributed by atoms with Crippen molar-refractivity contribution >= 4 is 11.6 Å². The summed E-state index contributed by atoms with van der Waals surface area (Å²) in [5.41, 5.74) is 1.10. The molecule has 24 heavy (non-hydrogen) atoms. The summed E-state index contributed by atoms with van der Waals surface area (Å²) >= 11 is 0. The fourth-order valence-electron chi connectivity index (χ4n) is 3.73. The molecule has 0 spiro atoms. The molecule has 1 aliphatic carbocycles. The second kappa shape index (κ2) is 8.47. The van der Waals surface area contributed by atoms with Crippen LogP contribution in [0, 0.1) is 11.7 Å². The molecule has 2 aliphatic rings. The molecule has 0 aromatic heterocycles. The van der Waals surface area contributed by atoms with Crippen LogP contribution in [0.15, 0.2) is 24.3 Å². The topological polar surface area (TPSA) is 35.6 Å². The van der Waals surface area contributed by atoms with E-state index in [1.165, 1.54) is 25.0 Å². The molecule has 1 heterocycles. The SMILES string of the molecule is O=C(NCCCN1CCN(c2ccc(F)cc2)CC1)C1CCCC1. The third-order valence-corrected chi connectivity index (χ3v) is 5.24. The van der Waals surface area contributed by atoms with E-state index in [0.29, 0.717) is 0 Å². The first-order valence-electron chi connectivity index (χ1n) is 9.23. The van der Waals surface area contributed by atoms with Gasteiger partial charge in [0.15, 0.2) is 0 Å². The van der Waals surface area contributed by atoms with Gasteiger partial charge in [0.1, 0.15) is 5.82 Å².